The first-order valence-electron chi connectivity index (χ1n) is 9.74. The Hall–Kier alpha value is -2.94. The van der Waals surface area contributed by atoms with Gasteiger partial charge in [-0.3, -0.25) is 0 Å². The summed E-state index contributed by atoms with van der Waals surface area (Å²) in [5.74, 6) is -2.25. The van der Waals surface area contributed by atoms with Gasteiger partial charge in [0.15, 0.2) is 0 Å². The lowest BCUT2D eigenvalue weighted by atomic mass is 9.93. The van der Waals surface area contributed by atoms with Gasteiger partial charge < -0.3 is 14.7 Å². The van der Waals surface area contributed by atoms with Gasteiger partial charge in [0.2, 0.25) is 9.84 Å². The first-order valence-corrected chi connectivity index (χ1v) is 11.2. The van der Waals surface area contributed by atoms with Crippen LogP contribution < -0.4 is 0 Å². The molecule has 1 amide bonds. The predicted octanol–water partition coefficient (Wildman–Crippen LogP) is 4.08. The van der Waals surface area contributed by atoms with Gasteiger partial charge in [0.1, 0.15) is 11.4 Å². The molecular weight excluding hydrogens is 425 g/mol. The normalized spacial score (nSPS) is 16.9. The van der Waals surface area contributed by atoms with Crippen LogP contribution in [0.25, 0.3) is 0 Å². The lowest BCUT2D eigenvalue weighted by Gasteiger charge is -2.24. The van der Waals surface area contributed by atoms with E-state index in [1.54, 1.807) is 20.8 Å². The zero-order chi connectivity index (χ0) is 23.0. The van der Waals surface area contributed by atoms with Crippen LogP contribution >= 0.6 is 0 Å². The summed E-state index contributed by atoms with van der Waals surface area (Å²) in [6.07, 6.45) is 0.0485. The molecule has 0 aliphatic carbocycles. The number of carbonyl (C=O) groups excluding carboxylic acids is 1. The maximum atomic E-state index is 13.5. The van der Waals surface area contributed by atoms with E-state index in [1.807, 2.05) is 0 Å². The Bertz CT molecular complexity index is 1120. The van der Waals surface area contributed by atoms with Gasteiger partial charge in [-0.2, -0.15) is 0 Å². The molecule has 0 spiro atoms. The van der Waals surface area contributed by atoms with Crippen LogP contribution in [0.3, 0.4) is 0 Å². The van der Waals surface area contributed by atoms with Gasteiger partial charge in [-0.15, -0.1) is 0 Å². The maximum absolute atomic E-state index is 13.5. The van der Waals surface area contributed by atoms with E-state index < -0.39 is 33.3 Å². The number of hydrogen-bond donors (Lipinski definition) is 1. The highest BCUT2D eigenvalue weighted by atomic mass is 32.2. The molecule has 2 aromatic carbocycles. The number of halogens is 1. The van der Waals surface area contributed by atoms with Crippen LogP contribution in [-0.2, 0) is 14.6 Å². The number of amides is 1. The van der Waals surface area contributed by atoms with E-state index >= 15 is 0 Å². The Kier molecular flexibility index (Phi) is 6.09. The number of rotatable bonds is 4. The van der Waals surface area contributed by atoms with Crippen molar-refractivity contribution in [1.29, 1.82) is 0 Å². The van der Waals surface area contributed by atoms with Crippen molar-refractivity contribution >= 4 is 21.9 Å². The molecule has 0 saturated carbocycles. The molecule has 0 bridgehead atoms. The van der Waals surface area contributed by atoms with Gasteiger partial charge in [-0.25, -0.2) is 22.4 Å². The topological polar surface area (TPSA) is 101 Å². The zero-order valence-electron chi connectivity index (χ0n) is 17.5. The molecule has 31 heavy (non-hydrogen) atoms. The highest BCUT2D eigenvalue weighted by molar-refractivity contribution is 7.91. The molecule has 0 aromatic heterocycles. The number of hydrogen-bond acceptors (Lipinski definition) is 5. The Morgan fingerprint density at radius 3 is 2.42 bits per heavy atom. The molecule has 1 N–H and O–H groups in total. The van der Waals surface area contributed by atoms with Crippen LogP contribution in [0.15, 0.2) is 52.3 Å². The third-order valence-electron chi connectivity index (χ3n) is 4.95. The van der Waals surface area contributed by atoms with Crippen molar-refractivity contribution in [2.45, 2.75) is 48.5 Å². The number of benzene rings is 2. The van der Waals surface area contributed by atoms with E-state index in [-0.39, 0.29) is 27.8 Å². The van der Waals surface area contributed by atoms with E-state index in [9.17, 15) is 27.5 Å². The smallest absolute Gasteiger partial charge is 0.410 e. The van der Waals surface area contributed by atoms with Crippen molar-refractivity contribution in [2.24, 2.45) is 0 Å². The number of likely N-dealkylation sites (tertiary alicyclic amines) is 1. The van der Waals surface area contributed by atoms with Gasteiger partial charge in [0.25, 0.3) is 0 Å². The monoisotopic (exact) mass is 449 g/mol. The molecule has 1 unspecified atom stereocenters. The van der Waals surface area contributed by atoms with Gasteiger partial charge in [0.05, 0.1) is 15.4 Å². The van der Waals surface area contributed by atoms with Crippen LogP contribution in [0.1, 0.15) is 49.0 Å². The minimum Gasteiger partial charge on any atom is -0.478 e. The second kappa shape index (κ2) is 8.30. The number of carbonyl (C=O) groups is 2. The summed E-state index contributed by atoms with van der Waals surface area (Å²) in [5.41, 5.74) is -0.362. The fourth-order valence-electron chi connectivity index (χ4n) is 3.52. The molecule has 0 radical (unpaired) electrons. The number of sulfone groups is 1. The van der Waals surface area contributed by atoms with Gasteiger partial charge >= 0.3 is 12.1 Å². The Morgan fingerprint density at radius 1 is 1.13 bits per heavy atom. The second-order valence-corrected chi connectivity index (χ2v) is 10.4. The van der Waals surface area contributed by atoms with Crippen LogP contribution in [-0.4, -0.2) is 49.2 Å². The van der Waals surface area contributed by atoms with Crippen molar-refractivity contribution in [3.05, 3.63) is 59.4 Å². The quantitative estimate of drug-likeness (QED) is 0.755. The average Bonchev–Trinajstić information content (AvgIpc) is 3.16. The summed E-state index contributed by atoms with van der Waals surface area (Å²) < 4.78 is 44.5. The van der Waals surface area contributed by atoms with Crippen molar-refractivity contribution in [2.75, 3.05) is 13.1 Å². The average molecular weight is 450 g/mol. The van der Waals surface area contributed by atoms with E-state index in [1.165, 1.54) is 29.2 Å². The van der Waals surface area contributed by atoms with Crippen molar-refractivity contribution in [3.8, 4) is 0 Å². The van der Waals surface area contributed by atoms with Crippen LogP contribution in [0.4, 0.5) is 9.18 Å². The van der Waals surface area contributed by atoms with Crippen LogP contribution in [0.5, 0.6) is 0 Å². The number of nitrogens with zero attached hydrogens (tertiary/aromatic N) is 1. The molecule has 1 aliphatic heterocycles. The largest absolute Gasteiger partial charge is 0.478 e. The summed E-state index contributed by atoms with van der Waals surface area (Å²) in [6, 6.07) is 8.41. The van der Waals surface area contributed by atoms with E-state index in [0.29, 0.717) is 18.5 Å². The fourth-order valence-corrected chi connectivity index (χ4v) is 4.84. The molecule has 2 aromatic rings. The molecule has 166 valence electrons. The second-order valence-electron chi connectivity index (χ2n) is 8.43. The summed E-state index contributed by atoms with van der Waals surface area (Å²) in [6.45, 7) is 5.96. The number of ether oxygens (including phenoxy) is 1. The standard InChI is InChI=1S/C22H24FNO6S/c1-22(2,3)30-21(27)24-10-9-14(13-24)18-8-7-17(12-19(18)20(25)26)31(28,29)16-6-4-5-15(23)11-16/h4-8,11-12,14H,9-10,13H2,1-3H3,(H,25,26). The minimum atomic E-state index is -4.09. The van der Waals surface area contributed by atoms with E-state index in [2.05, 4.69) is 0 Å². The SMILES string of the molecule is CC(C)(C)OC(=O)N1CCC(c2ccc(S(=O)(=O)c3cccc(F)c3)cc2C(=O)O)C1. The predicted molar refractivity (Wildman–Crippen MR) is 110 cm³/mol. The summed E-state index contributed by atoms with van der Waals surface area (Å²) >= 11 is 0. The first kappa shape index (κ1) is 22.7. The van der Waals surface area contributed by atoms with Crippen molar-refractivity contribution in [3.63, 3.8) is 0 Å². The Labute approximate surface area is 180 Å². The molecule has 1 fully saturated rings. The minimum absolute atomic E-state index is 0.159. The fraction of sp³-hybridized carbons (Fsp3) is 0.364. The summed E-state index contributed by atoms with van der Waals surface area (Å²) in [4.78, 5) is 25.2. The Morgan fingerprint density at radius 2 is 1.81 bits per heavy atom. The molecule has 1 aliphatic rings. The van der Waals surface area contributed by atoms with Crippen molar-refractivity contribution < 1.29 is 32.2 Å². The van der Waals surface area contributed by atoms with Crippen LogP contribution in [0, 0.1) is 5.82 Å². The van der Waals surface area contributed by atoms with Crippen molar-refractivity contribution in [1.82, 2.24) is 4.90 Å². The van der Waals surface area contributed by atoms with Crippen LogP contribution in [0.2, 0.25) is 0 Å². The third kappa shape index (κ3) is 5.04. The van der Waals surface area contributed by atoms with Gasteiger partial charge in [-0.1, -0.05) is 12.1 Å². The molecule has 1 atom stereocenters. The molecule has 1 saturated heterocycles. The molecular formula is C22H24FNO6S. The highest BCUT2D eigenvalue weighted by Crippen LogP contribution is 2.33. The number of carboxylic acids is 1. The van der Waals surface area contributed by atoms with Gasteiger partial charge in [-0.05, 0) is 63.1 Å². The molecule has 1 heterocycles. The maximum Gasteiger partial charge on any atom is 0.410 e. The number of aromatic carboxylic acids is 1. The number of carboxylic acid groups (broad SMARTS) is 1. The summed E-state index contributed by atoms with van der Waals surface area (Å²) in [5, 5.41) is 9.70. The first-order chi connectivity index (χ1) is 14.4. The Balaban J connectivity index is 1.90. The molecule has 3 rings (SSSR count). The van der Waals surface area contributed by atoms with E-state index in [4.69, 9.17) is 4.74 Å². The summed E-state index contributed by atoms with van der Waals surface area (Å²) in [7, 11) is -4.09. The molecule has 7 nitrogen and oxygen atoms in total. The lowest BCUT2D eigenvalue weighted by Crippen LogP contribution is -2.35. The highest BCUT2D eigenvalue weighted by Gasteiger charge is 2.33. The third-order valence-corrected chi connectivity index (χ3v) is 6.70. The zero-order valence-corrected chi connectivity index (χ0v) is 18.3. The van der Waals surface area contributed by atoms with Gasteiger partial charge in [0, 0.05) is 19.0 Å². The molecule has 9 heteroatoms. The lowest BCUT2D eigenvalue weighted by molar-refractivity contribution is 0.0292. The van der Waals surface area contributed by atoms with E-state index in [0.717, 1.165) is 18.2 Å².